The van der Waals surface area contributed by atoms with Crippen molar-refractivity contribution in [3.8, 4) is 28.6 Å². The summed E-state index contributed by atoms with van der Waals surface area (Å²) in [6.07, 6.45) is 0. The molecule has 31 heavy (non-hydrogen) atoms. The Bertz CT molecular complexity index is 1050. The highest BCUT2D eigenvalue weighted by atomic mass is 16.5. The van der Waals surface area contributed by atoms with E-state index in [1.54, 1.807) is 25.3 Å². The number of nitrogens with zero attached hydrogens (tertiary/aromatic N) is 2. The molecule has 1 heterocycles. The zero-order chi connectivity index (χ0) is 22.2. The van der Waals surface area contributed by atoms with Gasteiger partial charge < -0.3 is 24.8 Å². The van der Waals surface area contributed by atoms with Crippen molar-refractivity contribution in [2.45, 2.75) is 6.54 Å². The lowest BCUT2D eigenvalue weighted by molar-refractivity contribution is -0.120. The molecule has 162 valence electrons. The molecule has 10 nitrogen and oxygen atoms in total. The maximum absolute atomic E-state index is 12.3. The molecule has 0 aliphatic heterocycles. The third-order valence-corrected chi connectivity index (χ3v) is 4.39. The molecule has 0 aliphatic rings. The highest BCUT2D eigenvalue weighted by Gasteiger charge is 2.12. The molecule has 10 heteroatoms. The number of carbonyl (C=O) groups is 2. The van der Waals surface area contributed by atoms with Gasteiger partial charge in [0.15, 0.2) is 17.3 Å². The van der Waals surface area contributed by atoms with Crippen LogP contribution in [0, 0.1) is 0 Å². The van der Waals surface area contributed by atoms with Gasteiger partial charge in [-0.25, -0.2) is 4.98 Å². The van der Waals surface area contributed by atoms with E-state index in [4.69, 9.17) is 14.2 Å². The van der Waals surface area contributed by atoms with Gasteiger partial charge in [-0.15, -0.1) is 0 Å². The SMILES string of the molecule is COc1ccc(-c2n[nH]c(CNC(=O)CNC(=O)c3ccc(OC)c(OC)c3)n2)cc1. The summed E-state index contributed by atoms with van der Waals surface area (Å²) in [6, 6.07) is 12.1. The zero-order valence-electron chi connectivity index (χ0n) is 17.4. The zero-order valence-corrected chi connectivity index (χ0v) is 17.4. The number of hydrogen-bond donors (Lipinski definition) is 3. The van der Waals surface area contributed by atoms with Crippen LogP contribution in [0.25, 0.3) is 11.4 Å². The fraction of sp³-hybridized carbons (Fsp3) is 0.238. The van der Waals surface area contributed by atoms with Crippen LogP contribution in [0.2, 0.25) is 0 Å². The highest BCUT2D eigenvalue weighted by Crippen LogP contribution is 2.27. The number of aromatic nitrogens is 3. The summed E-state index contributed by atoms with van der Waals surface area (Å²) < 4.78 is 15.4. The Balaban J connectivity index is 1.49. The number of methoxy groups -OCH3 is 3. The number of aromatic amines is 1. The molecule has 1 aromatic heterocycles. The molecule has 0 atom stereocenters. The average Bonchev–Trinajstić information content (AvgIpc) is 3.29. The minimum Gasteiger partial charge on any atom is -0.497 e. The molecule has 2 amide bonds. The molecule has 2 aromatic carbocycles. The van der Waals surface area contributed by atoms with Crippen LogP contribution < -0.4 is 24.8 Å². The van der Waals surface area contributed by atoms with Crippen LogP contribution in [0.4, 0.5) is 0 Å². The van der Waals surface area contributed by atoms with E-state index in [0.29, 0.717) is 28.7 Å². The van der Waals surface area contributed by atoms with Gasteiger partial charge in [0.05, 0.1) is 34.4 Å². The van der Waals surface area contributed by atoms with E-state index in [2.05, 4.69) is 25.8 Å². The molecule has 0 spiro atoms. The van der Waals surface area contributed by atoms with Crippen molar-refractivity contribution >= 4 is 11.8 Å². The van der Waals surface area contributed by atoms with Crippen LogP contribution in [0.3, 0.4) is 0 Å². The van der Waals surface area contributed by atoms with E-state index in [1.807, 2.05) is 24.3 Å². The molecule has 0 bridgehead atoms. The number of nitrogens with one attached hydrogen (secondary N) is 3. The van der Waals surface area contributed by atoms with Crippen molar-refractivity contribution in [1.82, 2.24) is 25.8 Å². The quantitative estimate of drug-likeness (QED) is 0.474. The van der Waals surface area contributed by atoms with Crippen molar-refractivity contribution in [1.29, 1.82) is 0 Å². The fourth-order valence-electron chi connectivity index (χ4n) is 2.73. The monoisotopic (exact) mass is 425 g/mol. The molecule has 3 rings (SSSR count). The molecule has 0 unspecified atom stereocenters. The van der Waals surface area contributed by atoms with Crippen molar-refractivity contribution in [2.75, 3.05) is 27.9 Å². The maximum Gasteiger partial charge on any atom is 0.251 e. The normalized spacial score (nSPS) is 10.3. The molecule has 3 N–H and O–H groups in total. The summed E-state index contributed by atoms with van der Waals surface area (Å²) in [4.78, 5) is 28.7. The predicted molar refractivity (Wildman–Crippen MR) is 112 cm³/mol. The number of ether oxygens (including phenoxy) is 3. The highest BCUT2D eigenvalue weighted by molar-refractivity contribution is 5.97. The van der Waals surface area contributed by atoms with E-state index in [9.17, 15) is 9.59 Å². The summed E-state index contributed by atoms with van der Waals surface area (Å²) in [5.74, 6) is 1.91. The minimum atomic E-state index is -0.405. The van der Waals surface area contributed by atoms with Crippen LogP contribution in [0.5, 0.6) is 17.2 Å². The van der Waals surface area contributed by atoms with Gasteiger partial charge in [0, 0.05) is 11.1 Å². The molecule has 0 radical (unpaired) electrons. The summed E-state index contributed by atoms with van der Waals surface area (Å²) in [5, 5.41) is 12.2. The summed E-state index contributed by atoms with van der Waals surface area (Å²) in [5.41, 5.74) is 1.17. The summed E-state index contributed by atoms with van der Waals surface area (Å²) in [6.45, 7) is -0.0408. The second-order valence-corrected chi connectivity index (χ2v) is 6.36. The molecule has 3 aromatic rings. The Labute approximate surface area is 178 Å². The lowest BCUT2D eigenvalue weighted by Crippen LogP contribution is -2.36. The molecular formula is C21H23N5O5. The first kappa shape index (κ1) is 21.6. The van der Waals surface area contributed by atoms with E-state index in [1.165, 1.54) is 14.2 Å². The van der Waals surface area contributed by atoms with Gasteiger partial charge >= 0.3 is 0 Å². The van der Waals surface area contributed by atoms with Gasteiger partial charge in [-0.1, -0.05) is 0 Å². The minimum absolute atomic E-state index is 0.147. The Morgan fingerprint density at radius 2 is 1.68 bits per heavy atom. The lowest BCUT2D eigenvalue weighted by atomic mass is 10.2. The number of hydrogen-bond acceptors (Lipinski definition) is 7. The number of H-pyrrole nitrogens is 1. The van der Waals surface area contributed by atoms with Gasteiger partial charge in [0.1, 0.15) is 11.6 Å². The Morgan fingerprint density at radius 1 is 0.935 bits per heavy atom. The smallest absolute Gasteiger partial charge is 0.251 e. The second-order valence-electron chi connectivity index (χ2n) is 6.36. The van der Waals surface area contributed by atoms with Gasteiger partial charge in [0.2, 0.25) is 5.91 Å². The molecule has 0 saturated carbocycles. The largest absolute Gasteiger partial charge is 0.497 e. The van der Waals surface area contributed by atoms with Crippen LogP contribution in [-0.2, 0) is 11.3 Å². The topological polar surface area (TPSA) is 127 Å². The number of carbonyl (C=O) groups excluding carboxylic acids is 2. The Morgan fingerprint density at radius 3 is 2.35 bits per heavy atom. The van der Waals surface area contributed by atoms with Crippen LogP contribution >= 0.6 is 0 Å². The fourth-order valence-corrected chi connectivity index (χ4v) is 2.73. The lowest BCUT2D eigenvalue weighted by Gasteiger charge is -2.10. The third kappa shape index (κ3) is 5.50. The predicted octanol–water partition coefficient (Wildman–Crippen LogP) is 1.54. The van der Waals surface area contributed by atoms with Crippen molar-refractivity contribution in [2.24, 2.45) is 0 Å². The van der Waals surface area contributed by atoms with E-state index < -0.39 is 5.91 Å². The third-order valence-electron chi connectivity index (χ3n) is 4.39. The van der Waals surface area contributed by atoms with Gasteiger partial charge in [-0.3, -0.25) is 14.7 Å². The first-order chi connectivity index (χ1) is 15.0. The van der Waals surface area contributed by atoms with E-state index >= 15 is 0 Å². The summed E-state index contributed by atoms with van der Waals surface area (Å²) >= 11 is 0. The average molecular weight is 425 g/mol. The van der Waals surface area contributed by atoms with Gasteiger partial charge in [-0.05, 0) is 42.5 Å². The maximum atomic E-state index is 12.3. The number of rotatable bonds is 9. The Kier molecular flexibility index (Phi) is 7.05. The van der Waals surface area contributed by atoms with E-state index in [-0.39, 0.29) is 19.0 Å². The van der Waals surface area contributed by atoms with Crippen molar-refractivity contribution < 1.29 is 23.8 Å². The van der Waals surface area contributed by atoms with E-state index in [0.717, 1.165) is 11.3 Å². The molecule has 0 aliphatic carbocycles. The summed E-state index contributed by atoms with van der Waals surface area (Å²) in [7, 11) is 4.59. The molecular weight excluding hydrogens is 402 g/mol. The Hall–Kier alpha value is -4.08. The number of amides is 2. The van der Waals surface area contributed by atoms with Crippen molar-refractivity contribution in [3.63, 3.8) is 0 Å². The molecule has 0 saturated heterocycles. The number of benzene rings is 2. The van der Waals surface area contributed by atoms with Crippen molar-refractivity contribution in [3.05, 3.63) is 53.9 Å². The van der Waals surface area contributed by atoms with Gasteiger partial charge in [0.25, 0.3) is 5.91 Å². The standard InChI is InChI=1S/C21H23N5O5/c1-29-15-7-4-13(5-8-15)20-24-18(25-26-20)11-22-19(27)12-23-21(28)14-6-9-16(30-2)17(10-14)31-3/h4-10H,11-12H2,1-3H3,(H,22,27)(H,23,28)(H,24,25,26). The van der Waals surface area contributed by atoms with Crippen LogP contribution in [0.15, 0.2) is 42.5 Å². The van der Waals surface area contributed by atoms with Gasteiger partial charge in [-0.2, -0.15) is 5.10 Å². The second kappa shape index (κ2) is 10.1. The molecule has 0 fully saturated rings. The van der Waals surface area contributed by atoms with Crippen LogP contribution in [-0.4, -0.2) is 54.9 Å². The van der Waals surface area contributed by atoms with Crippen LogP contribution in [0.1, 0.15) is 16.2 Å². The first-order valence-corrected chi connectivity index (χ1v) is 9.36. The first-order valence-electron chi connectivity index (χ1n) is 9.36.